The first-order chi connectivity index (χ1) is 5.25. The number of carbonyl (C=O) groups excluding carboxylic acids is 1. The molecule has 0 aromatic rings. The smallest absolute Gasteiger partial charge is 0.119 e. The molecule has 0 aliphatic carbocycles. The quantitative estimate of drug-likeness (QED) is 0.549. The first-order valence-electron chi connectivity index (χ1n) is 3.98. The van der Waals surface area contributed by atoms with Crippen LogP contribution in [0.25, 0.3) is 0 Å². The molecule has 0 amide bonds. The lowest BCUT2D eigenvalue weighted by atomic mass is 9.80. The van der Waals surface area contributed by atoms with Gasteiger partial charge in [0.05, 0.1) is 5.97 Å². The van der Waals surface area contributed by atoms with Gasteiger partial charge in [-0.25, -0.2) is 0 Å². The first-order valence-corrected chi connectivity index (χ1v) is 3.98. The number of carbonyl (C=O) groups is 1. The lowest BCUT2D eigenvalue weighted by Crippen LogP contribution is -2.65. The van der Waals surface area contributed by atoms with Gasteiger partial charge in [-0.15, -0.1) is 0 Å². The predicted octanol–water partition coefficient (Wildman–Crippen LogP) is -0.619. The maximum absolute atomic E-state index is 10.5. The Balaban J connectivity index is 0. The normalized spacial score (nSPS) is 19.5. The molecule has 0 fully saturated rings. The second kappa shape index (κ2) is 4.55. The second-order valence-electron chi connectivity index (χ2n) is 3.53. The Morgan fingerprint density at radius 2 is 1.92 bits per heavy atom. The van der Waals surface area contributed by atoms with Crippen molar-refractivity contribution in [2.24, 2.45) is 5.73 Å². The third-order valence-corrected chi connectivity index (χ3v) is 2.28. The molecule has 0 heterocycles. The summed E-state index contributed by atoms with van der Waals surface area (Å²) in [6.45, 7) is 4.54. The van der Waals surface area contributed by atoms with E-state index in [0.717, 1.165) is 13.3 Å². The molecule has 0 rings (SSSR count). The van der Waals surface area contributed by atoms with Crippen LogP contribution in [0, 0.1) is 0 Å². The Hall–Kier alpha value is -0.650. The summed E-state index contributed by atoms with van der Waals surface area (Å²) in [5, 5.41) is 20.0. The molecular weight excluding hydrogens is 172 g/mol. The summed E-state index contributed by atoms with van der Waals surface area (Å²) in [6.07, 6.45) is 1.16. The van der Waals surface area contributed by atoms with E-state index in [9.17, 15) is 15.0 Å². The molecule has 0 bridgehead atoms. The molecular formula is C8H20N2O3. The predicted molar refractivity (Wildman–Crippen MR) is 49.1 cm³/mol. The lowest BCUT2D eigenvalue weighted by molar-refractivity contribution is -0.327. The van der Waals surface area contributed by atoms with E-state index in [2.05, 4.69) is 0 Å². The van der Waals surface area contributed by atoms with Crippen LogP contribution in [0.1, 0.15) is 33.6 Å². The van der Waals surface area contributed by atoms with Gasteiger partial charge in [0.2, 0.25) is 0 Å². The zero-order valence-electron chi connectivity index (χ0n) is 8.76. The van der Waals surface area contributed by atoms with E-state index in [-0.39, 0.29) is 6.15 Å². The van der Waals surface area contributed by atoms with Crippen molar-refractivity contribution in [1.82, 2.24) is 6.15 Å². The number of hydrogen-bond acceptors (Lipinski definition) is 4. The lowest BCUT2D eigenvalue weighted by Gasteiger charge is -2.40. The molecule has 0 aromatic carbocycles. The van der Waals surface area contributed by atoms with Crippen molar-refractivity contribution in [3.8, 4) is 0 Å². The van der Waals surface area contributed by atoms with Gasteiger partial charge >= 0.3 is 0 Å². The van der Waals surface area contributed by atoms with Gasteiger partial charge in [-0.05, 0) is 20.3 Å². The van der Waals surface area contributed by atoms with Crippen molar-refractivity contribution in [1.29, 1.82) is 0 Å². The van der Waals surface area contributed by atoms with Crippen molar-refractivity contribution < 1.29 is 15.0 Å². The van der Waals surface area contributed by atoms with Gasteiger partial charge in [-0.2, -0.15) is 0 Å². The second-order valence-corrected chi connectivity index (χ2v) is 3.53. The van der Waals surface area contributed by atoms with Gasteiger partial charge in [0.15, 0.2) is 0 Å². The van der Waals surface area contributed by atoms with Crippen LogP contribution < -0.4 is 17.0 Å². The third-order valence-electron chi connectivity index (χ3n) is 2.28. The SMILES string of the molecule is CCCC(C)(N)C(C)(O)C(=O)[O-].[NH4+]. The summed E-state index contributed by atoms with van der Waals surface area (Å²) in [7, 11) is 0. The van der Waals surface area contributed by atoms with Crippen molar-refractivity contribution in [2.75, 3.05) is 0 Å². The molecule has 0 saturated carbocycles. The van der Waals surface area contributed by atoms with Crippen LogP contribution in [0.3, 0.4) is 0 Å². The van der Waals surface area contributed by atoms with Crippen molar-refractivity contribution in [2.45, 2.75) is 44.8 Å². The Bertz CT molecular complexity index is 178. The van der Waals surface area contributed by atoms with E-state index in [1.165, 1.54) is 6.92 Å². The number of hydrogen-bond donors (Lipinski definition) is 3. The van der Waals surface area contributed by atoms with Crippen LogP contribution in [0.4, 0.5) is 0 Å². The van der Waals surface area contributed by atoms with Crippen LogP contribution >= 0.6 is 0 Å². The largest absolute Gasteiger partial charge is 0.547 e. The Morgan fingerprint density at radius 3 is 2.15 bits per heavy atom. The molecule has 0 spiro atoms. The molecule has 0 saturated heterocycles. The van der Waals surface area contributed by atoms with E-state index < -0.39 is 17.1 Å². The molecule has 80 valence electrons. The van der Waals surface area contributed by atoms with Crippen LogP contribution in [-0.2, 0) is 4.79 Å². The van der Waals surface area contributed by atoms with Crippen LogP contribution in [0.5, 0.6) is 0 Å². The summed E-state index contributed by atoms with van der Waals surface area (Å²) >= 11 is 0. The molecule has 5 heteroatoms. The van der Waals surface area contributed by atoms with Gasteiger partial charge < -0.3 is 26.9 Å². The van der Waals surface area contributed by atoms with Crippen LogP contribution in [-0.4, -0.2) is 22.2 Å². The Morgan fingerprint density at radius 1 is 1.54 bits per heavy atom. The monoisotopic (exact) mass is 192 g/mol. The number of carboxylic acid groups (broad SMARTS) is 1. The highest BCUT2D eigenvalue weighted by molar-refractivity contribution is 5.76. The zero-order valence-corrected chi connectivity index (χ0v) is 8.76. The number of quaternary nitrogens is 1. The van der Waals surface area contributed by atoms with Gasteiger partial charge in [-0.1, -0.05) is 13.3 Å². The number of carboxylic acids is 1. The fourth-order valence-electron chi connectivity index (χ4n) is 0.996. The van der Waals surface area contributed by atoms with Crippen LogP contribution in [0.15, 0.2) is 0 Å². The maximum Gasteiger partial charge on any atom is 0.119 e. The first kappa shape index (κ1) is 14.9. The maximum atomic E-state index is 10.5. The molecule has 0 aromatic heterocycles. The van der Waals surface area contributed by atoms with Gasteiger partial charge in [0.25, 0.3) is 0 Å². The van der Waals surface area contributed by atoms with E-state index in [1.807, 2.05) is 6.92 Å². The highest BCUT2D eigenvalue weighted by Gasteiger charge is 2.40. The fourth-order valence-corrected chi connectivity index (χ4v) is 0.996. The average Bonchev–Trinajstić information content (AvgIpc) is 1.86. The minimum absolute atomic E-state index is 0. The number of aliphatic carboxylic acids is 1. The number of aliphatic hydroxyl groups is 1. The standard InChI is InChI=1S/C8H17NO3.H3N/c1-4-5-7(2,9)8(3,12)6(10)11;/h12H,4-5,9H2,1-3H3,(H,10,11);1H3. The van der Waals surface area contributed by atoms with Gasteiger partial charge in [0.1, 0.15) is 5.60 Å². The number of rotatable bonds is 4. The Kier molecular flexibility index (Phi) is 5.20. The molecule has 2 atom stereocenters. The molecule has 13 heavy (non-hydrogen) atoms. The minimum atomic E-state index is -1.97. The topological polar surface area (TPSA) is 123 Å². The van der Waals surface area contributed by atoms with E-state index in [4.69, 9.17) is 5.73 Å². The summed E-state index contributed by atoms with van der Waals surface area (Å²) in [5.74, 6) is -1.53. The summed E-state index contributed by atoms with van der Waals surface area (Å²) in [6, 6.07) is 0. The summed E-state index contributed by atoms with van der Waals surface area (Å²) in [4.78, 5) is 10.5. The van der Waals surface area contributed by atoms with Crippen molar-refractivity contribution in [3.05, 3.63) is 0 Å². The summed E-state index contributed by atoms with van der Waals surface area (Å²) < 4.78 is 0. The Labute approximate surface area is 78.5 Å². The van der Waals surface area contributed by atoms with E-state index in [1.54, 1.807) is 0 Å². The number of nitrogens with two attached hydrogens (primary N) is 1. The fraction of sp³-hybridized carbons (Fsp3) is 0.875. The molecule has 5 nitrogen and oxygen atoms in total. The highest BCUT2D eigenvalue weighted by atomic mass is 16.4. The van der Waals surface area contributed by atoms with Crippen molar-refractivity contribution >= 4 is 5.97 Å². The summed E-state index contributed by atoms with van der Waals surface area (Å²) in [5.41, 5.74) is 2.53. The zero-order chi connectivity index (χ0) is 9.99. The van der Waals surface area contributed by atoms with Crippen molar-refractivity contribution in [3.63, 3.8) is 0 Å². The molecule has 0 radical (unpaired) electrons. The highest BCUT2D eigenvalue weighted by Crippen LogP contribution is 2.23. The molecule has 0 aliphatic rings. The van der Waals surface area contributed by atoms with E-state index in [0.29, 0.717) is 6.42 Å². The third kappa shape index (κ3) is 2.95. The van der Waals surface area contributed by atoms with Crippen LogP contribution in [0.2, 0.25) is 0 Å². The average molecular weight is 192 g/mol. The van der Waals surface area contributed by atoms with Gasteiger partial charge in [-0.3, -0.25) is 0 Å². The van der Waals surface area contributed by atoms with E-state index >= 15 is 0 Å². The minimum Gasteiger partial charge on any atom is -0.547 e. The molecule has 2 unspecified atom stereocenters. The van der Waals surface area contributed by atoms with Gasteiger partial charge in [0, 0.05) is 5.54 Å². The molecule has 7 N–H and O–H groups in total. The molecule has 0 aliphatic heterocycles.